The smallest absolute Gasteiger partial charge is 0.245 e. The summed E-state index contributed by atoms with van der Waals surface area (Å²) in [4.78, 5) is 41.1. The molecule has 0 aromatic heterocycles. The van der Waals surface area contributed by atoms with Crippen LogP contribution in [0.5, 0.6) is 0 Å². The van der Waals surface area contributed by atoms with Crippen LogP contribution in [0.25, 0.3) is 0 Å². The van der Waals surface area contributed by atoms with Crippen LogP contribution in [0.3, 0.4) is 0 Å². The van der Waals surface area contributed by atoms with Gasteiger partial charge in [-0.3, -0.25) is 24.1 Å². The minimum Gasteiger partial charge on any atom is -0.282 e. The number of carbonyl (C=O) groups is 3. The summed E-state index contributed by atoms with van der Waals surface area (Å²) in [6.07, 6.45) is 3.72. The summed E-state index contributed by atoms with van der Waals surface area (Å²) in [6.45, 7) is 0.153. The minimum atomic E-state index is -0.326. The summed E-state index contributed by atoms with van der Waals surface area (Å²) >= 11 is 0. The highest BCUT2D eigenvalue weighted by Gasteiger charge is 2.47. The number of amides is 3. The van der Waals surface area contributed by atoms with Gasteiger partial charge in [0.05, 0.1) is 18.9 Å². The van der Waals surface area contributed by atoms with Gasteiger partial charge in [-0.2, -0.15) is 0 Å². The molecule has 2 unspecified atom stereocenters. The Bertz CT molecular complexity index is 345. The van der Waals surface area contributed by atoms with Crippen molar-refractivity contribution in [3.05, 3.63) is 0 Å². The number of imide groups is 1. The summed E-state index contributed by atoms with van der Waals surface area (Å²) < 4.78 is 0. The van der Waals surface area contributed by atoms with Gasteiger partial charge in [0.25, 0.3) is 0 Å². The van der Waals surface area contributed by atoms with E-state index in [1.54, 1.807) is 0 Å². The third-order valence-electron chi connectivity index (χ3n) is 3.71. The molecule has 2 atom stereocenters. The van der Waals surface area contributed by atoms with Crippen LogP contribution in [0.2, 0.25) is 0 Å². The average Bonchev–Trinajstić information content (AvgIpc) is 2.61. The SMILES string of the molecule is CONC(=O)CCN1C(=O)C2CCCCC2C1=O. The normalized spacial score (nSPS) is 27.3. The van der Waals surface area contributed by atoms with Gasteiger partial charge in [-0.25, -0.2) is 5.48 Å². The Morgan fingerprint density at radius 1 is 1.28 bits per heavy atom. The summed E-state index contributed by atoms with van der Waals surface area (Å²) in [5.41, 5.74) is 2.17. The van der Waals surface area contributed by atoms with Gasteiger partial charge < -0.3 is 0 Å². The van der Waals surface area contributed by atoms with E-state index < -0.39 is 0 Å². The Balaban J connectivity index is 1.94. The van der Waals surface area contributed by atoms with Crippen LogP contribution in [-0.2, 0) is 19.2 Å². The maximum absolute atomic E-state index is 12.1. The van der Waals surface area contributed by atoms with Gasteiger partial charge in [-0.05, 0) is 12.8 Å². The molecule has 2 aliphatic rings. The molecular weight excluding hydrogens is 236 g/mol. The Kier molecular flexibility index (Phi) is 3.96. The van der Waals surface area contributed by atoms with E-state index in [9.17, 15) is 14.4 Å². The van der Waals surface area contributed by atoms with E-state index in [0.717, 1.165) is 25.7 Å². The minimum absolute atomic E-state index is 0.0881. The van der Waals surface area contributed by atoms with E-state index >= 15 is 0 Å². The fourth-order valence-electron chi connectivity index (χ4n) is 2.83. The molecule has 18 heavy (non-hydrogen) atoms. The molecule has 1 N–H and O–H groups in total. The van der Waals surface area contributed by atoms with Crippen molar-refractivity contribution >= 4 is 17.7 Å². The number of hydrogen-bond acceptors (Lipinski definition) is 4. The molecule has 1 saturated carbocycles. The van der Waals surface area contributed by atoms with Gasteiger partial charge in [-0.15, -0.1) is 0 Å². The van der Waals surface area contributed by atoms with E-state index in [4.69, 9.17) is 0 Å². The zero-order valence-corrected chi connectivity index (χ0v) is 10.5. The van der Waals surface area contributed by atoms with Crippen molar-refractivity contribution in [2.45, 2.75) is 32.1 Å². The fraction of sp³-hybridized carbons (Fsp3) is 0.750. The molecule has 6 nitrogen and oxygen atoms in total. The monoisotopic (exact) mass is 254 g/mol. The third kappa shape index (κ3) is 2.38. The lowest BCUT2D eigenvalue weighted by molar-refractivity contribution is -0.140. The van der Waals surface area contributed by atoms with Crippen LogP contribution in [0, 0.1) is 11.8 Å². The van der Waals surface area contributed by atoms with Crippen LogP contribution in [0.4, 0.5) is 0 Å². The van der Waals surface area contributed by atoms with E-state index in [1.807, 2.05) is 0 Å². The van der Waals surface area contributed by atoms with Crippen LogP contribution >= 0.6 is 0 Å². The van der Waals surface area contributed by atoms with Crippen molar-refractivity contribution in [1.82, 2.24) is 10.4 Å². The molecule has 0 spiro atoms. The maximum Gasteiger partial charge on any atom is 0.245 e. The first kappa shape index (κ1) is 13.0. The van der Waals surface area contributed by atoms with Crippen molar-refractivity contribution < 1.29 is 19.2 Å². The number of nitrogens with one attached hydrogen (secondary N) is 1. The van der Waals surface area contributed by atoms with Gasteiger partial charge in [0.15, 0.2) is 0 Å². The van der Waals surface area contributed by atoms with Gasteiger partial charge in [-0.1, -0.05) is 12.8 Å². The van der Waals surface area contributed by atoms with Crippen LogP contribution in [0.1, 0.15) is 32.1 Å². The largest absolute Gasteiger partial charge is 0.282 e. The van der Waals surface area contributed by atoms with E-state index in [2.05, 4.69) is 10.3 Å². The number of carbonyl (C=O) groups excluding carboxylic acids is 3. The highest BCUT2D eigenvalue weighted by Crippen LogP contribution is 2.37. The quantitative estimate of drug-likeness (QED) is 0.575. The van der Waals surface area contributed by atoms with Crippen LogP contribution < -0.4 is 5.48 Å². The Labute approximate surface area is 106 Å². The summed E-state index contributed by atoms with van der Waals surface area (Å²) in [6, 6.07) is 0. The van der Waals surface area contributed by atoms with E-state index in [0.29, 0.717) is 0 Å². The second-order valence-electron chi connectivity index (χ2n) is 4.80. The molecule has 2 rings (SSSR count). The highest BCUT2D eigenvalue weighted by molar-refractivity contribution is 6.05. The van der Waals surface area contributed by atoms with Crippen LogP contribution in [-0.4, -0.2) is 36.3 Å². The number of likely N-dealkylation sites (tertiary alicyclic amines) is 1. The van der Waals surface area contributed by atoms with Crippen molar-refractivity contribution in [2.24, 2.45) is 11.8 Å². The van der Waals surface area contributed by atoms with Crippen molar-refractivity contribution in [1.29, 1.82) is 0 Å². The number of nitrogens with zero attached hydrogens (tertiary/aromatic N) is 1. The van der Waals surface area contributed by atoms with E-state index in [1.165, 1.54) is 12.0 Å². The van der Waals surface area contributed by atoms with E-state index in [-0.39, 0.29) is 42.5 Å². The average molecular weight is 254 g/mol. The second-order valence-corrected chi connectivity index (χ2v) is 4.80. The highest BCUT2D eigenvalue weighted by atomic mass is 16.6. The fourth-order valence-corrected chi connectivity index (χ4v) is 2.83. The zero-order chi connectivity index (χ0) is 13.1. The second kappa shape index (κ2) is 5.48. The van der Waals surface area contributed by atoms with Gasteiger partial charge in [0.1, 0.15) is 0 Å². The molecule has 1 aliphatic carbocycles. The summed E-state index contributed by atoms with van der Waals surface area (Å²) in [7, 11) is 1.35. The predicted octanol–water partition coefficient (Wildman–Crippen LogP) is 0.229. The lowest BCUT2D eigenvalue weighted by Gasteiger charge is -2.19. The lowest BCUT2D eigenvalue weighted by atomic mass is 9.81. The Morgan fingerprint density at radius 3 is 2.33 bits per heavy atom. The molecule has 0 aromatic rings. The first-order valence-corrected chi connectivity index (χ1v) is 6.32. The topological polar surface area (TPSA) is 75.7 Å². The molecule has 2 fully saturated rings. The molecule has 1 aliphatic heterocycles. The number of rotatable bonds is 4. The standard InChI is InChI=1S/C12H18N2O4/c1-18-13-10(15)6-7-14-11(16)8-4-2-3-5-9(8)12(14)17/h8-9H,2-7H2,1H3,(H,13,15). The molecule has 0 aromatic carbocycles. The molecule has 0 bridgehead atoms. The first-order chi connectivity index (χ1) is 8.65. The third-order valence-corrected chi connectivity index (χ3v) is 3.71. The summed E-state index contributed by atoms with van der Waals surface area (Å²) in [5, 5.41) is 0. The predicted molar refractivity (Wildman–Crippen MR) is 61.9 cm³/mol. The van der Waals surface area contributed by atoms with Crippen molar-refractivity contribution in [3.8, 4) is 0 Å². The van der Waals surface area contributed by atoms with Gasteiger partial charge in [0, 0.05) is 13.0 Å². The number of hydrogen-bond donors (Lipinski definition) is 1. The zero-order valence-electron chi connectivity index (χ0n) is 10.5. The van der Waals surface area contributed by atoms with Gasteiger partial charge >= 0.3 is 0 Å². The van der Waals surface area contributed by atoms with Crippen molar-refractivity contribution in [3.63, 3.8) is 0 Å². The molecular formula is C12H18N2O4. The number of hydroxylamine groups is 1. The molecule has 1 saturated heterocycles. The Hall–Kier alpha value is -1.43. The lowest BCUT2D eigenvalue weighted by Crippen LogP contribution is -2.35. The molecule has 1 heterocycles. The van der Waals surface area contributed by atoms with Crippen LogP contribution in [0.15, 0.2) is 0 Å². The summed E-state index contributed by atoms with van der Waals surface area (Å²) in [5.74, 6) is -0.814. The molecule has 100 valence electrons. The first-order valence-electron chi connectivity index (χ1n) is 6.32. The maximum atomic E-state index is 12.1. The molecule has 6 heteroatoms. The number of fused-ring (bicyclic) bond motifs is 1. The molecule has 0 radical (unpaired) electrons. The van der Waals surface area contributed by atoms with Gasteiger partial charge in [0.2, 0.25) is 17.7 Å². The molecule has 3 amide bonds. The Morgan fingerprint density at radius 2 is 1.83 bits per heavy atom. The van der Waals surface area contributed by atoms with Crippen molar-refractivity contribution in [2.75, 3.05) is 13.7 Å².